The number of ether oxygens (including phenoxy) is 2. The molecule has 0 radical (unpaired) electrons. The van der Waals surface area contributed by atoms with Crippen molar-refractivity contribution in [2.75, 3.05) is 38.8 Å². The molecule has 1 aromatic rings. The van der Waals surface area contributed by atoms with Crippen LogP contribution in [0.4, 0.5) is 5.69 Å². The van der Waals surface area contributed by atoms with Gasteiger partial charge in [-0.1, -0.05) is 11.6 Å². The van der Waals surface area contributed by atoms with Gasteiger partial charge in [-0.05, 0) is 30.7 Å². The van der Waals surface area contributed by atoms with E-state index >= 15 is 0 Å². The Kier molecular flexibility index (Phi) is 6.97. The van der Waals surface area contributed by atoms with Crippen molar-refractivity contribution >= 4 is 17.3 Å². The molecule has 4 heteroatoms. The summed E-state index contributed by atoms with van der Waals surface area (Å²) in [6.45, 7) is 2.97. The summed E-state index contributed by atoms with van der Waals surface area (Å²) in [5.41, 5.74) is 1.08. The minimum atomic E-state index is 0.657. The Morgan fingerprint density at radius 3 is 2.56 bits per heavy atom. The highest BCUT2D eigenvalue weighted by Crippen LogP contribution is 2.12. The van der Waals surface area contributed by atoms with Crippen molar-refractivity contribution in [3.8, 4) is 0 Å². The molecule has 0 unspecified atom stereocenters. The molecule has 1 N–H and O–H groups in total. The normalized spacial score (nSPS) is 10.4. The second kappa shape index (κ2) is 8.39. The zero-order valence-electron chi connectivity index (χ0n) is 9.54. The molecule has 0 atom stereocenters. The molecule has 90 valence electrons. The lowest BCUT2D eigenvalue weighted by Crippen LogP contribution is -2.08. The highest BCUT2D eigenvalue weighted by atomic mass is 35.5. The number of methoxy groups -OCH3 is 1. The Labute approximate surface area is 102 Å². The van der Waals surface area contributed by atoms with Crippen molar-refractivity contribution < 1.29 is 9.47 Å². The molecule has 0 bridgehead atoms. The van der Waals surface area contributed by atoms with Gasteiger partial charge in [-0.25, -0.2) is 0 Å². The van der Waals surface area contributed by atoms with E-state index in [1.54, 1.807) is 7.11 Å². The summed E-state index contributed by atoms with van der Waals surface area (Å²) in [5.74, 6) is 0. The first kappa shape index (κ1) is 13.3. The summed E-state index contributed by atoms with van der Waals surface area (Å²) in [5, 5.41) is 4.05. The van der Waals surface area contributed by atoms with Crippen molar-refractivity contribution in [2.24, 2.45) is 0 Å². The fourth-order valence-electron chi connectivity index (χ4n) is 1.22. The molecule has 1 rings (SSSR count). The number of anilines is 1. The first-order valence-corrected chi connectivity index (χ1v) is 5.77. The Balaban J connectivity index is 2.01. The van der Waals surface area contributed by atoms with Crippen LogP contribution in [0.5, 0.6) is 0 Å². The number of nitrogens with one attached hydrogen (secondary N) is 1. The zero-order chi connectivity index (χ0) is 11.6. The molecular weight excluding hydrogens is 226 g/mol. The molecule has 0 saturated carbocycles. The quantitative estimate of drug-likeness (QED) is 0.713. The van der Waals surface area contributed by atoms with Crippen molar-refractivity contribution in [3.05, 3.63) is 29.3 Å². The van der Waals surface area contributed by atoms with E-state index in [-0.39, 0.29) is 0 Å². The van der Waals surface area contributed by atoms with E-state index in [0.717, 1.165) is 30.3 Å². The maximum atomic E-state index is 5.78. The third-order valence-corrected chi connectivity index (χ3v) is 2.32. The maximum absolute atomic E-state index is 5.78. The molecule has 0 fully saturated rings. The average Bonchev–Trinajstić information content (AvgIpc) is 2.30. The molecule has 0 heterocycles. The Bertz CT molecular complexity index is 277. The van der Waals surface area contributed by atoms with E-state index in [2.05, 4.69) is 5.32 Å². The van der Waals surface area contributed by atoms with Crippen LogP contribution in [0.15, 0.2) is 24.3 Å². The van der Waals surface area contributed by atoms with Gasteiger partial charge >= 0.3 is 0 Å². The van der Waals surface area contributed by atoms with Gasteiger partial charge in [0, 0.05) is 31.0 Å². The van der Waals surface area contributed by atoms with Crippen LogP contribution in [0.2, 0.25) is 5.02 Å². The van der Waals surface area contributed by atoms with Crippen LogP contribution in [0.25, 0.3) is 0 Å². The van der Waals surface area contributed by atoms with Crippen molar-refractivity contribution in [3.63, 3.8) is 0 Å². The first-order valence-electron chi connectivity index (χ1n) is 5.39. The molecule has 0 aliphatic heterocycles. The molecule has 3 nitrogen and oxygen atoms in total. The molecule has 0 saturated heterocycles. The van der Waals surface area contributed by atoms with Crippen LogP contribution in [-0.4, -0.2) is 33.5 Å². The molecule has 0 amide bonds. The fraction of sp³-hybridized carbons (Fsp3) is 0.500. The molecule has 0 aromatic heterocycles. The van der Waals surface area contributed by atoms with Gasteiger partial charge < -0.3 is 14.8 Å². The Morgan fingerprint density at radius 2 is 1.88 bits per heavy atom. The summed E-state index contributed by atoms with van der Waals surface area (Å²) < 4.78 is 10.2. The smallest absolute Gasteiger partial charge is 0.0700 e. The summed E-state index contributed by atoms with van der Waals surface area (Å²) in [7, 11) is 1.67. The van der Waals surface area contributed by atoms with Crippen LogP contribution in [0, 0.1) is 0 Å². The molecule has 1 aromatic carbocycles. The molecule has 0 spiro atoms. The van der Waals surface area contributed by atoms with Crippen LogP contribution in [-0.2, 0) is 9.47 Å². The third-order valence-electron chi connectivity index (χ3n) is 2.07. The predicted octanol–water partition coefficient (Wildman–Crippen LogP) is 2.81. The number of hydrogen-bond donors (Lipinski definition) is 1. The molecule has 16 heavy (non-hydrogen) atoms. The van der Waals surface area contributed by atoms with Crippen LogP contribution in [0.1, 0.15) is 6.42 Å². The average molecular weight is 244 g/mol. The fourth-order valence-corrected chi connectivity index (χ4v) is 1.35. The standard InChI is InChI=1S/C12H18ClNO2/c1-15-9-10-16-8-2-7-14-12-5-3-11(13)4-6-12/h3-6,14H,2,7-10H2,1H3. The summed E-state index contributed by atoms with van der Waals surface area (Å²) in [4.78, 5) is 0. The predicted molar refractivity (Wildman–Crippen MR) is 67.3 cm³/mol. The lowest BCUT2D eigenvalue weighted by atomic mass is 10.3. The number of hydrogen-bond acceptors (Lipinski definition) is 3. The highest BCUT2D eigenvalue weighted by Gasteiger charge is 1.92. The maximum Gasteiger partial charge on any atom is 0.0700 e. The minimum absolute atomic E-state index is 0.657. The van der Waals surface area contributed by atoms with Crippen molar-refractivity contribution in [1.82, 2.24) is 0 Å². The summed E-state index contributed by atoms with van der Waals surface area (Å²) >= 11 is 5.78. The van der Waals surface area contributed by atoms with E-state index in [4.69, 9.17) is 21.1 Å². The summed E-state index contributed by atoms with van der Waals surface area (Å²) in [6.07, 6.45) is 0.979. The molecule has 0 aliphatic carbocycles. The van der Waals surface area contributed by atoms with E-state index < -0.39 is 0 Å². The SMILES string of the molecule is COCCOCCCNc1ccc(Cl)cc1. The van der Waals surface area contributed by atoms with Crippen molar-refractivity contribution in [1.29, 1.82) is 0 Å². The van der Waals surface area contributed by atoms with Gasteiger partial charge in [0.25, 0.3) is 0 Å². The van der Waals surface area contributed by atoms with Gasteiger partial charge in [-0.2, -0.15) is 0 Å². The van der Waals surface area contributed by atoms with E-state index in [0.29, 0.717) is 13.2 Å². The highest BCUT2D eigenvalue weighted by molar-refractivity contribution is 6.30. The third kappa shape index (κ3) is 5.95. The van der Waals surface area contributed by atoms with Gasteiger partial charge in [-0.15, -0.1) is 0 Å². The van der Waals surface area contributed by atoms with E-state index in [1.165, 1.54) is 0 Å². The Morgan fingerprint density at radius 1 is 1.12 bits per heavy atom. The number of rotatable bonds is 8. The minimum Gasteiger partial charge on any atom is -0.385 e. The Hall–Kier alpha value is -0.770. The van der Waals surface area contributed by atoms with Gasteiger partial charge in [0.05, 0.1) is 13.2 Å². The second-order valence-corrected chi connectivity index (χ2v) is 3.83. The number of benzene rings is 1. The topological polar surface area (TPSA) is 30.5 Å². The lowest BCUT2D eigenvalue weighted by molar-refractivity contribution is 0.0705. The number of halogens is 1. The lowest BCUT2D eigenvalue weighted by Gasteiger charge is -2.06. The van der Waals surface area contributed by atoms with Gasteiger partial charge in [-0.3, -0.25) is 0 Å². The molecular formula is C12H18ClNO2. The second-order valence-electron chi connectivity index (χ2n) is 3.39. The van der Waals surface area contributed by atoms with Crippen LogP contribution >= 0.6 is 11.6 Å². The van der Waals surface area contributed by atoms with Crippen molar-refractivity contribution in [2.45, 2.75) is 6.42 Å². The first-order chi connectivity index (χ1) is 7.83. The van der Waals surface area contributed by atoms with E-state index in [9.17, 15) is 0 Å². The van der Waals surface area contributed by atoms with Crippen LogP contribution < -0.4 is 5.32 Å². The van der Waals surface area contributed by atoms with Gasteiger partial charge in [0.15, 0.2) is 0 Å². The molecule has 0 aliphatic rings. The van der Waals surface area contributed by atoms with Gasteiger partial charge in [0.1, 0.15) is 0 Å². The van der Waals surface area contributed by atoms with Crippen LogP contribution in [0.3, 0.4) is 0 Å². The van der Waals surface area contributed by atoms with E-state index in [1.807, 2.05) is 24.3 Å². The largest absolute Gasteiger partial charge is 0.385 e. The monoisotopic (exact) mass is 243 g/mol. The summed E-state index contributed by atoms with van der Waals surface area (Å²) in [6, 6.07) is 7.68. The zero-order valence-corrected chi connectivity index (χ0v) is 10.3. The van der Waals surface area contributed by atoms with Gasteiger partial charge in [0.2, 0.25) is 0 Å².